The van der Waals surface area contributed by atoms with Crippen LogP contribution in [-0.2, 0) is 6.42 Å². The van der Waals surface area contributed by atoms with Crippen LogP contribution in [0.1, 0.15) is 22.8 Å². The standard InChI is InChI=1S/C27H25N3O3/c1-4-21-22-15-18(17-6-5-7-20(14-17)27(31)29-13-12-28)8-10-23(22)30-26(21)19-9-11-24(32-2)25(16-19)33-3/h5-11,14-16,30H,4,13H2,1-3H3,(H,29,31). The fraction of sp³-hybridized carbons (Fsp3) is 0.185. The number of aryl methyl sites for hydroxylation is 1. The minimum atomic E-state index is -0.258. The lowest BCUT2D eigenvalue weighted by atomic mass is 9.98. The summed E-state index contributed by atoms with van der Waals surface area (Å²) in [5.74, 6) is 1.12. The zero-order chi connectivity index (χ0) is 23.4. The summed E-state index contributed by atoms with van der Waals surface area (Å²) in [5, 5.41) is 12.4. The van der Waals surface area contributed by atoms with Gasteiger partial charge in [-0.05, 0) is 65.6 Å². The highest BCUT2D eigenvalue weighted by Crippen LogP contribution is 2.37. The van der Waals surface area contributed by atoms with Gasteiger partial charge in [0.15, 0.2) is 11.5 Å². The number of aromatic amines is 1. The van der Waals surface area contributed by atoms with Gasteiger partial charge in [0.05, 0.1) is 20.3 Å². The number of carbonyl (C=O) groups is 1. The number of rotatable bonds is 7. The number of nitrogens with one attached hydrogen (secondary N) is 2. The fourth-order valence-electron chi connectivity index (χ4n) is 4.09. The quantitative estimate of drug-likeness (QED) is 0.381. The predicted octanol–water partition coefficient (Wildman–Crippen LogP) is 5.33. The van der Waals surface area contributed by atoms with E-state index in [9.17, 15) is 4.79 Å². The van der Waals surface area contributed by atoms with Crippen molar-refractivity contribution in [3.63, 3.8) is 0 Å². The number of fused-ring (bicyclic) bond motifs is 1. The smallest absolute Gasteiger partial charge is 0.252 e. The fourth-order valence-corrected chi connectivity index (χ4v) is 4.09. The molecular formula is C27H25N3O3. The second-order valence-corrected chi connectivity index (χ2v) is 7.58. The molecule has 6 heteroatoms. The molecule has 33 heavy (non-hydrogen) atoms. The average Bonchev–Trinajstić information content (AvgIpc) is 3.24. The molecule has 6 nitrogen and oxygen atoms in total. The molecule has 0 fully saturated rings. The first-order chi connectivity index (χ1) is 16.1. The largest absolute Gasteiger partial charge is 0.493 e. The van der Waals surface area contributed by atoms with Gasteiger partial charge >= 0.3 is 0 Å². The summed E-state index contributed by atoms with van der Waals surface area (Å²) in [4.78, 5) is 15.8. The maximum Gasteiger partial charge on any atom is 0.252 e. The van der Waals surface area contributed by atoms with Crippen molar-refractivity contribution in [3.8, 4) is 40.0 Å². The first-order valence-electron chi connectivity index (χ1n) is 10.7. The molecule has 1 aromatic heterocycles. The molecule has 2 N–H and O–H groups in total. The maximum absolute atomic E-state index is 12.3. The molecule has 0 saturated carbocycles. The summed E-state index contributed by atoms with van der Waals surface area (Å²) in [7, 11) is 3.26. The number of nitrogens with zero attached hydrogens (tertiary/aromatic N) is 1. The Bertz CT molecular complexity index is 1370. The number of aromatic nitrogens is 1. The van der Waals surface area contributed by atoms with Crippen LogP contribution in [0.3, 0.4) is 0 Å². The Morgan fingerprint density at radius 2 is 1.73 bits per heavy atom. The number of benzene rings is 3. The molecule has 0 bridgehead atoms. The first kappa shape index (κ1) is 22.0. The number of methoxy groups -OCH3 is 2. The highest BCUT2D eigenvalue weighted by Gasteiger charge is 2.15. The zero-order valence-electron chi connectivity index (χ0n) is 18.9. The normalized spacial score (nSPS) is 10.6. The zero-order valence-corrected chi connectivity index (χ0v) is 18.9. The van der Waals surface area contributed by atoms with Crippen molar-refractivity contribution in [3.05, 3.63) is 71.8 Å². The van der Waals surface area contributed by atoms with Gasteiger partial charge in [-0.2, -0.15) is 5.26 Å². The van der Waals surface area contributed by atoms with Gasteiger partial charge in [-0.3, -0.25) is 4.79 Å². The van der Waals surface area contributed by atoms with Gasteiger partial charge in [-0.15, -0.1) is 0 Å². The van der Waals surface area contributed by atoms with E-state index < -0.39 is 0 Å². The van der Waals surface area contributed by atoms with E-state index in [4.69, 9.17) is 14.7 Å². The highest BCUT2D eigenvalue weighted by molar-refractivity contribution is 5.97. The molecule has 166 valence electrons. The lowest BCUT2D eigenvalue weighted by molar-refractivity contribution is 0.0958. The van der Waals surface area contributed by atoms with Gasteiger partial charge in [-0.25, -0.2) is 0 Å². The van der Waals surface area contributed by atoms with Gasteiger partial charge in [0.2, 0.25) is 0 Å². The monoisotopic (exact) mass is 439 g/mol. The van der Waals surface area contributed by atoms with Crippen LogP contribution in [-0.4, -0.2) is 31.7 Å². The number of H-pyrrole nitrogens is 1. The molecule has 0 radical (unpaired) electrons. The summed E-state index contributed by atoms with van der Waals surface area (Å²) in [6.07, 6.45) is 0.851. The van der Waals surface area contributed by atoms with Gasteiger partial charge in [0.25, 0.3) is 5.91 Å². The first-order valence-corrected chi connectivity index (χ1v) is 10.7. The molecule has 1 amide bonds. The van der Waals surface area contributed by atoms with E-state index in [1.54, 1.807) is 20.3 Å². The molecule has 4 rings (SSSR count). The Labute approximate surface area is 192 Å². The van der Waals surface area contributed by atoms with Crippen LogP contribution in [0.4, 0.5) is 0 Å². The molecule has 0 aliphatic carbocycles. The van der Waals surface area contributed by atoms with E-state index in [-0.39, 0.29) is 12.5 Å². The minimum Gasteiger partial charge on any atom is -0.493 e. The van der Waals surface area contributed by atoms with Crippen LogP contribution in [0, 0.1) is 11.3 Å². The predicted molar refractivity (Wildman–Crippen MR) is 130 cm³/mol. The molecule has 0 aliphatic heterocycles. The van der Waals surface area contributed by atoms with Crippen LogP contribution in [0.15, 0.2) is 60.7 Å². The summed E-state index contributed by atoms with van der Waals surface area (Å²) in [6, 6.07) is 21.5. The van der Waals surface area contributed by atoms with Crippen LogP contribution < -0.4 is 14.8 Å². The Hall–Kier alpha value is -4.24. The lowest BCUT2D eigenvalue weighted by Crippen LogP contribution is -2.23. The Kier molecular flexibility index (Phi) is 6.32. The number of hydrogen-bond donors (Lipinski definition) is 2. The molecule has 0 unspecified atom stereocenters. The Balaban J connectivity index is 1.77. The molecule has 0 atom stereocenters. The van der Waals surface area contributed by atoms with Crippen molar-refractivity contribution in [2.75, 3.05) is 20.8 Å². The summed E-state index contributed by atoms with van der Waals surface area (Å²) in [6.45, 7) is 2.12. The average molecular weight is 440 g/mol. The summed E-state index contributed by atoms with van der Waals surface area (Å²) >= 11 is 0. The van der Waals surface area contributed by atoms with E-state index >= 15 is 0 Å². The number of hydrogen-bond acceptors (Lipinski definition) is 4. The van der Waals surface area contributed by atoms with Crippen LogP contribution in [0.5, 0.6) is 11.5 Å². The molecule has 0 aliphatic rings. The molecule has 3 aromatic carbocycles. The number of ether oxygens (including phenoxy) is 2. The Morgan fingerprint density at radius 1 is 0.970 bits per heavy atom. The van der Waals surface area contributed by atoms with Crippen molar-refractivity contribution in [2.45, 2.75) is 13.3 Å². The van der Waals surface area contributed by atoms with Crippen LogP contribution >= 0.6 is 0 Å². The third-order valence-electron chi connectivity index (χ3n) is 5.72. The maximum atomic E-state index is 12.3. The van der Waals surface area contributed by atoms with E-state index in [0.29, 0.717) is 17.1 Å². The SMILES string of the molecule is CCc1c(-c2ccc(OC)c(OC)c2)[nH]c2ccc(-c3cccc(C(=O)NCC#N)c3)cc12. The number of carbonyl (C=O) groups excluding carboxylic acids is 1. The van der Waals surface area contributed by atoms with Crippen molar-refractivity contribution in [1.82, 2.24) is 10.3 Å². The van der Waals surface area contributed by atoms with E-state index in [0.717, 1.165) is 39.7 Å². The number of amides is 1. The second-order valence-electron chi connectivity index (χ2n) is 7.58. The molecule has 1 heterocycles. The van der Waals surface area contributed by atoms with Gasteiger partial charge in [-0.1, -0.05) is 25.1 Å². The van der Waals surface area contributed by atoms with Crippen molar-refractivity contribution in [1.29, 1.82) is 5.26 Å². The van der Waals surface area contributed by atoms with Crippen LogP contribution in [0.25, 0.3) is 33.3 Å². The molecule has 0 spiro atoms. The number of nitriles is 1. The summed E-state index contributed by atoms with van der Waals surface area (Å²) < 4.78 is 10.9. The lowest BCUT2D eigenvalue weighted by Gasteiger charge is -2.10. The van der Waals surface area contributed by atoms with Gasteiger partial charge in [0, 0.05) is 27.7 Å². The molecule has 0 saturated heterocycles. The van der Waals surface area contributed by atoms with Gasteiger partial charge < -0.3 is 19.8 Å². The molecule has 4 aromatic rings. The van der Waals surface area contributed by atoms with E-state index in [1.165, 1.54) is 5.56 Å². The third-order valence-corrected chi connectivity index (χ3v) is 5.72. The summed E-state index contributed by atoms with van der Waals surface area (Å²) in [5.41, 5.74) is 6.82. The third kappa shape index (κ3) is 4.26. The highest BCUT2D eigenvalue weighted by atomic mass is 16.5. The topological polar surface area (TPSA) is 87.1 Å². The minimum absolute atomic E-state index is 0.0167. The van der Waals surface area contributed by atoms with E-state index in [2.05, 4.69) is 29.4 Å². The van der Waals surface area contributed by atoms with Crippen LogP contribution in [0.2, 0.25) is 0 Å². The van der Waals surface area contributed by atoms with Crippen molar-refractivity contribution < 1.29 is 14.3 Å². The van der Waals surface area contributed by atoms with E-state index in [1.807, 2.05) is 48.5 Å². The second kappa shape index (κ2) is 9.49. The Morgan fingerprint density at radius 3 is 2.45 bits per heavy atom. The molecular weight excluding hydrogens is 414 g/mol. The van der Waals surface area contributed by atoms with Gasteiger partial charge in [0.1, 0.15) is 6.54 Å². The van der Waals surface area contributed by atoms with Crippen molar-refractivity contribution in [2.24, 2.45) is 0 Å². The van der Waals surface area contributed by atoms with Crippen molar-refractivity contribution >= 4 is 16.8 Å².